The molecule has 0 spiro atoms. The third-order valence-electron chi connectivity index (χ3n) is 4.95. The summed E-state index contributed by atoms with van der Waals surface area (Å²) in [6, 6.07) is 1.36. The molecule has 24 heavy (non-hydrogen) atoms. The summed E-state index contributed by atoms with van der Waals surface area (Å²) in [6.45, 7) is 3.90. The molecule has 3 rings (SSSR count). The summed E-state index contributed by atoms with van der Waals surface area (Å²) in [6.07, 6.45) is 3.63. The third-order valence-corrected chi connectivity index (χ3v) is 4.95. The van der Waals surface area contributed by atoms with E-state index in [4.69, 9.17) is 5.73 Å². The van der Waals surface area contributed by atoms with Gasteiger partial charge in [0, 0.05) is 17.7 Å². The second-order valence-corrected chi connectivity index (χ2v) is 6.77. The van der Waals surface area contributed by atoms with E-state index in [2.05, 4.69) is 10.4 Å². The summed E-state index contributed by atoms with van der Waals surface area (Å²) in [5.74, 6) is -1.73. The molecule has 1 amide bonds. The van der Waals surface area contributed by atoms with Crippen molar-refractivity contribution in [3.63, 3.8) is 0 Å². The van der Waals surface area contributed by atoms with Crippen molar-refractivity contribution in [2.24, 2.45) is 11.1 Å². The van der Waals surface area contributed by atoms with E-state index >= 15 is 0 Å². The molecule has 0 aliphatic heterocycles. The van der Waals surface area contributed by atoms with Crippen molar-refractivity contribution in [2.45, 2.75) is 38.8 Å². The zero-order valence-corrected chi connectivity index (χ0v) is 13.5. The number of nitrogens with one attached hydrogen (secondary N) is 1. The van der Waals surface area contributed by atoms with Gasteiger partial charge in [-0.3, -0.25) is 4.79 Å². The molecule has 1 fully saturated rings. The SMILES string of the molecule is CC1(C)C(O)CCC1Nc1c(C(N)=O)cnn2cc(C(=O)O)cc12. The minimum absolute atomic E-state index is 0.0675. The van der Waals surface area contributed by atoms with Gasteiger partial charge in [-0.05, 0) is 18.9 Å². The lowest BCUT2D eigenvalue weighted by molar-refractivity contribution is 0.0696. The van der Waals surface area contributed by atoms with Crippen LogP contribution in [0, 0.1) is 5.41 Å². The highest BCUT2D eigenvalue weighted by molar-refractivity contribution is 6.03. The van der Waals surface area contributed by atoms with E-state index in [1.807, 2.05) is 13.8 Å². The van der Waals surface area contributed by atoms with Crippen LogP contribution in [0.4, 0.5) is 5.69 Å². The number of nitrogens with zero attached hydrogens (tertiary/aromatic N) is 2. The number of aliphatic hydroxyl groups is 1. The quantitative estimate of drug-likeness (QED) is 0.663. The van der Waals surface area contributed by atoms with Crippen LogP contribution < -0.4 is 11.1 Å². The average Bonchev–Trinajstić information content (AvgIpc) is 3.04. The monoisotopic (exact) mass is 332 g/mol. The molecule has 1 aliphatic rings. The number of primary amides is 1. The number of nitrogens with two attached hydrogens (primary N) is 1. The van der Waals surface area contributed by atoms with Gasteiger partial charge in [-0.1, -0.05) is 13.8 Å². The largest absolute Gasteiger partial charge is 0.478 e. The second kappa shape index (κ2) is 5.48. The summed E-state index contributed by atoms with van der Waals surface area (Å²) < 4.78 is 1.40. The molecule has 5 N–H and O–H groups in total. The maximum Gasteiger partial charge on any atom is 0.337 e. The van der Waals surface area contributed by atoms with Crippen molar-refractivity contribution in [3.05, 3.63) is 29.6 Å². The standard InChI is InChI=1S/C16H20N4O4/c1-16(2)11(3-4-12(16)21)19-13-9(14(17)22)6-18-20-7-8(15(23)24)5-10(13)20/h5-7,11-12,19,21H,3-4H2,1-2H3,(H2,17,22)(H,23,24). The van der Waals surface area contributed by atoms with Crippen LogP contribution in [0.2, 0.25) is 0 Å². The number of aromatic nitrogens is 2. The molecule has 2 atom stereocenters. The van der Waals surface area contributed by atoms with Crippen LogP contribution in [0.5, 0.6) is 0 Å². The molecule has 1 saturated carbocycles. The molecule has 1 aliphatic carbocycles. The number of carbonyl (C=O) groups excluding carboxylic acids is 1. The molecule has 0 aromatic carbocycles. The van der Waals surface area contributed by atoms with Gasteiger partial charge in [0.1, 0.15) is 0 Å². The van der Waals surface area contributed by atoms with Gasteiger partial charge >= 0.3 is 5.97 Å². The Bertz CT molecular complexity index is 827. The van der Waals surface area contributed by atoms with Crippen LogP contribution in [0.1, 0.15) is 47.4 Å². The van der Waals surface area contributed by atoms with E-state index in [0.717, 1.165) is 6.42 Å². The van der Waals surface area contributed by atoms with Gasteiger partial charge in [0.15, 0.2) is 0 Å². The smallest absolute Gasteiger partial charge is 0.337 e. The Hall–Kier alpha value is -2.61. The lowest BCUT2D eigenvalue weighted by atomic mass is 9.85. The second-order valence-electron chi connectivity index (χ2n) is 6.77. The van der Waals surface area contributed by atoms with E-state index in [0.29, 0.717) is 17.6 Å². The number of rotatable bonds is 4. The van der Waals surface area contributed by atoms with Crippen LogP contribution in [0.15, 0.2) is 18.5 Å². The van der Waals surface area contributed by atoms with Crippen molar-refractivity contribution in [3.8, 4) is 0 Å². The summed E-state index contributed by atoms with van der Waals surface area (Å²) in [7, 11) is 0. The minimum Gasteiger partial charge on any atom is -0.478 e. The first-order chi connectivity index (χ1) is 11.2. The highest BCUT2D eigenvalue weighted by Crippen LogP contribution is 2.40. The first kappa shape index (κ1) is 16.3. The van der Waals surface area contributed by atoms with E-state index in [9.17, 15) is 19.8 Å². The van der Waals surface area contributed by atoms with Crippen molar-refractivity contribution >= 4 is 23.1 Å². The minimum atomic E-state index is -1.08. The highest BCUT2D eigenvalue weighted by atomic mass is 16.4. The van der Waals surface area contributed by atoms with E-state index in [-0.39, 0.29) is 17.2 Å². The number of carbonyl (C=O) groups is 2. The molecule has 2 unspecified atom stereocenters. The molecule has 0 saturated heterocycles. The zero-order chi connectivity index (χ0) is 17.6. The Morgan fingerprint density at radius 2 is 2.12 bits per heavy atom. The molecular formula is C16H20N4O4. The summed E-state index contributed by atoms with van der Waals surface area (Å²) in [4.78, 5) is 23.0. The topological polar surface area (TPSA) is 130 Å². The number of aliphatic hydroxyl groups excluding tert-OH is 1. The third kappa shape index (κ3) is 2.48. The van der Waals surface area contributed by atoms with E-state index in [1.165, 1.54) is 23.0 Å². The van der Waals surface area contributed by atoms with Gasteiger partial charge in [-0.2, -0.15) is 5.10 Å². The number of aromatic carboxylic acids is 1. The molecule has 0 bridgehead atoms. The fourth-order valence-electron chi connectivity index (χ4n) is 3.25. The Balaban J connectivity index is 2.11. The Labute approximate surface area is 138 Å². The molecule has 8 heteroatoms. The van der Waals surface area contributed by atoms with Crippen molar-refractivity contribution < 1.29 is 19.8 Å². The summed E-state index contributed by atoms with van der Waals surface area (Å²) in [5, 5.41) is 26.7. The molecule has 0 radical (unpaired) electrons. The lowest BCUT2D eigenvalue weighted by Crippen LogP contribution is -2.38. The van der Waals surface area contributed by atoms with E-state index in [1.54, 1.807) is 0 Å². The van der Waals surface area contributed by atoms with Crippen LogP contribution in [0.3, 0.4) is 0 Å². The van der Waals surface area contributed by atoms with Gasteiger partial charge in [0.2, 0.25) is 0 Å². The fourth-order valence-corrected chi connectivity index (χ4v) is 3.25. The number of anilines is 1. The van der Waals surface area contributed by atoms with Gasteiger partial charge in [0.05, 0.1) is 34.6 Å². The maximum absolute atomic E-state index is 11.8. The number of hydrogen-bond acceptors (Lipinski definition) is 5. The Kier molecular flexibility index (Phi) is 3.71. The Morgan fingerprint density at radius 3 is 2.67 bits per heavy atom. The number of carboxylic acids is 1. The first-order valence-corrected chi connectivity index (χ1v) is 7.71. The molecule has 8 nitrogen and oxygen atoms in total. The normalized spacial score (nSPS) is 22.6. The molecule has 2 heterocycles. The van der Waals surface area contributed by atoms with Crippen molar-refractivity contribution in [1.82, 2.24) is 9.61 Å². The van der Waals surface area contributed by atoms with Gasteiger partial charge in [-0.15, -0.1) is 0 Å². The predicted octanol–water partition coefficient (Wildman–Crippen LogP) is 1.09. The number of hydrogen-bond donors (Lipinski definition) is 4. The average molecular weight is 332 g/mol. The maximum atomic E-state index is 11.8. The molecule has 128 valence electrons. The van der Waals surface area contributed by atoms with Crippen molar-refractivity contribution in [2.75, 3.05) is 5.32 Å². The molecular weight excluding hydrogens is 312 g/mol. The molecule has 2 aromatic heterocycles. The van der Waals surface area contributed by atoms with Crippen LogP contribution in [0.25, 0.3) is 5.52 Å². The van der Waals surface area contributed by atoms with Crippen molar-refractivity contribution in [1.29, 1.82) is 0 Å². The van der Waals surface area contributed by atoms with Crippen LogP contribution >= 0.6 is 0 Å². The highest BCUT2D eigenvalue weighted by Gasteiger charge is 2.42. The van der Waals surface area contributed by atoms with Gasteiger partial charge in [-0.25, -0.2) is 9.31 Å². The van der Waals surface area contributed by atoms with Gasteiger partial charge in [0.25, 0.3) is 5.91 Å². The molecule has 2 aromatic rings. The van der Waals surface area contributed by atoms with Gasteiger partial charge < -0.3 is 21.3 Å². The number of fused-ring (bicyclic) bond motifs is 1. The van der Waals surface area contributed by atoms with E-state index < -0.39 is 23.4 Å². The zero-order valence-electron chi connectivity index (χ0n) is 13.5. The lowest BCUT2D eigenvalue weighted by Gasteiger charge is -2.32. The summed E-state index contributed by atoms with van der Waals surface area (Å²) >= 11 is 0. The number of carboxylic acid groups (broad SMARTS) is 1. The number of amides is 1. The predicted molar refractivity (Wildman–Crippen MR) is 87.1 cm³/mol. The van der Waals surface area contributed by atoms with Crippen LogP contribution in [-0.4, -0.2) is 43.8 Å². The fraction of sp³-hybridized carbons (Fsp3) is 0.438. The Morgan fingerprint density at radius 1 is 1.42 bits per heavy atom. The summed E-state index contributed by atoms with van der Waals surface area (Å²) in [5.41, 5.74) is 6.21. The van der Waals surface area contributed by atoms with Crippen LogP contribution in [-0.2, 0) is 0 Å². The first-order valence-electron chi connectivity index (χ1n) is 7.71.